The molecule has 0 aliphatic heterocycles. The summed E-state index contributed by atoms with van der Waals surface area (Å²) in [6, 6.07) is 14.5. The van der Waals surface area contributed by atoms with Gasteiger partial charge in [-0.1, -0.05) is 71.2 Å². The normalized spacial score (nSPS) is 14.9. The number of nitrogens with zero attached hydrogens (tertiary/aromatic N) is 1. The number of nitrogens with one attached hydrogen (secondary N) is 1. The van der Waals surface area contributed by atoms with Gasteiger partial charge in [-0.25, -0.2) is 9.78 Å². The number of rotatable bonds is 8. The maximum atomic E-state index is 13.0. The number of carboxylic acid groups (broad SMARTS) is 1. The van der Waals surface area contributed by atoms with Gasteiger partial charge in [0.15, 0.2) is 0 Å². The van der Waals surface area contributed by atoms with Crippen LogP contribution < -0.4 is 10.1 Å². The zero-order valence-corrected chi connectivity index (χ0v) is 22.1. The number of pyridine rings is 1. The molecule has 1 aliphatic rings. The number of hydrogen-bond acceptors (Lipinski definition) is 4. The first-order valence-corrected chi connectivity index (χ1v) is 12.9. The smallest absolute Gasteiger partial charge is 0.330 e. The summed E-state index contributed by atoms with van der Waals surface area (Å²) >= 11 is 0. The number of amides is 1. The lowest BCUT2D eigenvalue weighted by Crippen LogP contribution is -2.41. The molecule has 2 aromatic carbocycles. The average Bonchev–Trinajstić information content (AvgIpc) is 3.35. The Morgan fingerprint density at radius 3 is 2.32 bits per heavy atom. The first kappa shape index (κ1) is 26.4. The summed E-state index contributed by atoms with van der Waals surface area (Å²) in [6.07, 6.45) is 5.48. The van der Waals surface area contributed by atoms with Gasteiger partial charge in [-0.05, 0) is 71.5 Å². The highest BCUT2D eigenvalue weighted by Gasteiger charge is 2.24. The molecule has 0 spiro atoms. The summed E-state index contributed by atoms with van der Waals surface area (Å²) in [5.41, 5.74) is 2.71. The van der Waals surface area contributed by atoms with Crippen molar-refractivity contribution < 1.29 is 19.4 Å². The molecule has 1 saturated carbocycles. The minimum atomic E-state index is -1.16. The van der Waals surface area contributed by atoms with Crippen LogP contribution in [0, 0.1) is 5.92 Å². The molecule has 194 valence electrons. The van der Waals surface area contributed by atoms with Gasteiger partial charge >= 0.3 is 5.97 Å². The van der Waals surface area contributed by atoms with Crippen molar-refractivity contribution >= 4 is 22.6 Å². The second-order valence-corrected chi connectivity index (χ2v) is 11.2. The molecule has 1 atom stereocenters. The van der Waals surface area contributed by atoms with E-state index >= 15 is 0 Å². The van der Waals surface area contributed by atoms with Crippen molar-refractivity contribution in [2.75, 3.05) is 0 Å². The molecule has 0 bridgehead atoms. The van der Waals surface area contributed by atoms with Crippen LogP contribution in [0.2, 0.25) is 0 Å². The minimum absolute atomic E-state index is 0.0706. The Morgan fingerprint density at radius 2 is 1.73 bits per heavy atom. The summed E-state index contributed by atoms with van der Waals surface area (Å²) < 4.78 is 6.18. The Kier molecular flexibility index (Phi) is 7.67. The van der Waals surface area contributed by atoms with E-state index in [9.17, 15) is 14.7 Å². The number of aliphatic carboxylic acids is 1. The third kappa shape index (κ3) is 6.37. The zero-order valence-electron chi connectivity index (χ0n) is 22.1. The molecular formula is C31H36N2O4. The summed E-state index contributed by atoms with van der Waals surface area (Å²) in [5.74, 6) is 0.309. The van der Waals surface area contributed by atoms with Gasteiger partial charge in [0.05, 0.1) is 0 Å². The highest BCUT2D eigenvalue weighted by molar-refractivity contribution is 5.99. The Morgan fingerprint density at radius 1 is 1.08 bits per heavy atom. The highest BCUT2D eigenvalue weighted by atomic mass is 16.5. The van der Waals surface area contributed by atoms with Crippen LogP contribution in [0.1, 0.15) is 75.1 Å². The Balaban J connectivity index is 1.66. The second kappa shape index (κ2) is 10.8. The quantitative estimate of drug-likeness (QED) is 0.332. The van der Waals surface area contributed by atoms with E-state index in [1.165, 1.54) is 18.4 Å². The average molecular weight is 501 g/mol. The van der Waals surface area contributed by atoms with Crippen molar-refractivity contribution in [3.8, 4) is 11.5 Å². The van der Waals surface area contributed by atoms with Crippen LogP contribution in [0.4, 0.5) is 0 Å². The van der Waals surface area contributed by atoms with Gasteiger partial charge in [0.2, 0.25) is 0 Å². The standard InChI is InChI=1S/C31H36N2O4/c1-19(2)28(30(35)36)33-29(34)27-17-21-10-13-24(37-23-14-11-22(12-15-23)31(3,4)5)18-25(21)26(32-27)16-20-8-6-7-9-20/h10-15,17-18,20,28H,1,6-9,16H2,2-5H3,(H,33,34)(H,35,36)/t28-/m1/s1. The van der Waals surface area contributed by atoms with Gasteiger partial charge in [0.25, 0.3) is 5.91 Å². The van der Waals surface area contributed by atoms with E-state index in [4.69, 9.17) is 9.72 Å². The summed E-state index contributed by atoms with van der Waals surface area (Å²) in [6.45, 7) is 11.8. The van der Waals surface area contributed by atoms with E-state index in [1.807, 2.05) is 30.3 Å². The van der Waals surface area contributed by atoms with Crippen LogP contribution in [-0.2, 0) is 16.6 Å². The van der Waals surface area contributed by atoms with Crippen LogP contribution in [0.3, 0.4) is 0 Å². The van der Waals surface area contributed by atoms with Gasteiger partial charge in [-0.3, -0.25) is 4.79 Å². The molecular weight excluding hydrogens is 464 g/mol. The van der Waals surface area contributed by atoms with Crippen molar-refractivity contribution in [2.24, 2.45) is 5.92 Å². The lowest BCUT2D eigenvalue weighted by atomic mass is 9.87. The van der Waals surface area contributed by atoms with Crippen LogP contribution >= 0.6 is 0 Å². The third-order valence-corrected chi connectivity index (χ3v) is 7.04. The van der Waals surface area contributed by atoms with Crippen molar-refractivity contribution in [2.45, 2.75) is 71.3 Å². The first-order valence-electron chi connectivity index (χ1n) is 12.9. The van der Waals surface area contributed by atoms with E-state index in [0.717, 1.165) is 41.5 Å². The maximum Gasteiger partial charge on any atom is 0.330 e. The molecule has 1 aromatic heterocycles. The molecule has 37 heavy (non-hydrogen) atoms. The number of carbonyl (C=O) groups is 2. The molecule has 0 saturated heterocycles. The van der Waals surface area contributed by atoms with E-state index in [0.29, 0.717) is 17.2 Å². The van der Waals surface area contributed by atoms with Crippen LogP contribution in [0.25, 0.3) is 10.8 Å². The van der Waals surface area contributed by atoms with Gasteiger partial charge in [0.1, 0.15) is 23.2 Å². The fraction of sp³-hybridized carbons (Fsp3) is 0.387. The Labute approximate surface area is 218 Å². The highest BCUT2D eigenvalue weighted by Crippen LogP contribution is 2.33. The lowest BCUT2D eigenvalue weighted by Gasteiger charge is -2.19. The molecule has 0 unspecified atom stereocenters. The van der Waals surface area contributed by atoms with Gasteiger partial charge < -0.3 is 15.2 Å². The van der Waals surface area contributed by atoms with Crippen molar-refractivity contribution in [3.05, 3.63) is 77.6 Å². The summed E-state index contributed by atoms with van der Waals surface area (Å²) in [5, 5.41) is 13.8. The fourth-order valence-electron chi connectivity index (χ4n) is 4.88. The van der Waals surface area contributed by atoms with Gasteiger partial charge in [0, 0.05) is 11.1 Å². The monoisotopic (exact) mass is 500 g/mol. The molecule has 3 aromatic rings. The van der Waals surface area contributed by atoms with Crippen LogP contribution in [0.15, 0.2) is 60.7 Å². The third-order valence-electron chi connectivity index (χ3n) is 7.04. The van der Waals surface area contributed by atoms with Crippen molar-refractivity contribution in [1.29, 1.82) is 0 Å². The van der Waals surface area contributed by atoms with Gasteiger partial charge in [-0.2, -0.15) is 0 Å². The van der Waals surface area contributed by atoms with E-state index in [-0.39, 0.29) is 11.1 Å². The van der Waals surface area contributed by atoms with Crippen LogP contribution in [0.5, 0.6) is 11.5 Å². The second-order valence-electron chi connectivity index (χ2n) is 11.2. The molecule has 1 heterocycles. The van der Waals surface area contributed by atoms with E-state index in [2.05, 4.69) is 44.8 Å². The molecule has 0 radical (unpaired) electrons. The first-order chi connectivity index (χ1) is 17.5. The molecule has 6 heteroatoms. The number of hydrogen-bond donors (Lipinski definition) is 2. The predicted octanol–water partition coefficient (Wildman–Crippen LogP) is 6.82. The SMILES string of the molecule is C=C(C)[C@@H](NC(=O)c1cc2ccc(Oc3ccc(C(C)(C)C)cc3)cc2c(CC2CCCC2)n1)C(=O)O. The number of carbonyl (C=O) groups excluding carboxylic acids is 1. The number of carboxylic acids is 1. The topological polar surface area (TPSA) is 88.5 Å². The minimum Gasteiger partial charge on any atom is -0.479 e. The maximum absolute atomic E-state index is 13.0. The van der Waals surface area contributed by atoms with Crippen LogP contribution in [-0.4, -0.2) is 28.0 Å². The lowest BCUT2D eigenvalue weighted by molar-refractivity contribution is -0.138. The molecule has 2 N–H and O–H groups in total. The van der Waals surface area contributed by atoms with E-state index < -0.39 is 17.9 Å². The Hall–Kier alpha value is -3.67. The zero-order chi connectivity index (χ0) is 26.7. The number of fused-ring (bicyclic) bond motifs is 1. The molecule has 4 rings (SSSR count). The largest absolute Gasteiger partial charge is 0.479 e. The predicted molar refractivity (Wildman–Crippen MR) is 146 cm³/mol. The van der Waals surface area contributed by atoms with Crippen molar-refractivity contribution in [3.63, 3.8) is 0 Å². The summed E-state index contributed by atoms with van der Waals surface area (Å²) in [4.78, 5) is 29.3. The Bertz CT molecular complexity index is 1300. The van der Waals surface area contributed by atoms with E-state index in [1.54, 1.807) is 13.0 Å². The molecule has 6 nitrogen and oxygen atoms in total. The fourth-order valence-corrected chi connectivity index (χ4v) is 4.88. The molecule has 1 amide bonds. The molecule has 1 aliphatic carbocycles. The number of ether oxygens (including phenoxy) is 1. The van der Waals surface area contributed by atoms with Gasteiger partial charge in [-0.15, -0.1) is 0 Å². The number of aromatic nitrogens is 1. The molecule has 1 fully saturated rings. The van der Waals surface area contributed by atoms with Crippen molar-refractivity contribution in [1.82, 2.24) is 10.3 Å². The summed E-state index contributed by atoms with van der Waals surface area (Å²) in [7, 11) is 0. The number of benzene rings is 2.